The maximum Gasteiger partial charge on any atom is 0.258 e. The number of amides is 1. The fourth-order valence-corrected chi connectivity index (χ4v) is 2.16. The molecule has 0 saturated carbocycles. The van der Waals surface area contributed by atoms with E-state index < -0.39 is 0 Å². The molecule has 1 N–H and O–H groups in total. The first kappa shape index (κ1) is 13.8. The molecule has 2 rings (SSSR count). The zero-order valence-corrected chi connectivity index (χ0v) is 12.0. The van der Waals surface area contributed by atoms with Gasteiger partial charge in [-0.25, -0.2) is 4.98 Å². The van der Waals surface area contributed by atoms with Gasteiger partial charge in [-0.15, -0.1) is 0 Å². The van der Waals surface area contributed by atoms with E-state index in [1.807, 2.05) is 32.0 Å². The highest BCUT2D eigenvalue weighted by Crippen LogP contribution is 2.20. The summed E-state index contributed by atoms with van der Waals surface area (Å²) in [4.78, 5) is 15.9. The number of hydrogen-bond acceptors (Lipinski definition) is 2. The van der Waals surface area contributed by atoms with Crippen LogP contribution in [0.3, 0.4) is 0 Å². The van der Waals surface area contributed by atoms with E-state index in [0.29, 0.717) is 5.56 Å². The molecule has 5 heteroatoms. The molecule has 0 aliphatic carbocycles. The lowest BCUT2D eigenvalue weighted by molar-refractivity contribution is 0.102. The third kappa shape index (κ3) is 3.25. The first-order valence-corrected chi connectivity index (χ1v) is 6.43. The quantitative estimate of drug-likeness (QED) is 0.841. The number of halogens is 2. The van der Waals surface area contributed by atoms with Gasteiger partial charge in [-0.05, 0) is 37.6 Å². The van der Waals surface area contributed by atoms with Gasteiger partial charge in [0.05, 0.1) is 5.56 Å². The average molecular weight is 295 g/mol. The van der Waals surface area contributed by atoms with E-state index in [1.54, 1.807) is 6.07 Å². The van der Waals surface area contributed by atoms with Crippen molar-refractivity contribution in [2.75, 3.05) is 5.32 Å². The summed E-state index contributed by atoms with van der Waals surface area (Å²) >= 11 is 11.6. The molecule has 1 aromatic carbocycles. The average Bonchev–Trinajstić information content (AvgIpc) is 2.32. The zero-order valence-electron chi connectivity index (χ0n) is 10.5. The standard InChI is InChI=1S/C14H12Cl2N2O/c1-8-3-5-11(9(2)7-8)17-14(19)10-4-6-12(15)18-13(10)16/h3-7H,1-2H3,(H,17,19). The van der Waals surface area contributed by atoms with Crippen molar-refractivity contribution in [1.29, 1.82) is 0 Å². The van der Waals surface area contributed by atoms with Gasteiger partial charge in [-0.1, -0.05) is 40.9 Å². The molecule has 0 fully saturated rings. The first-order chi connectivity index (χ1) is 8.97. The Hall–Kier alpha value is -1.58. The van der Waals surface area contributed by atoms with Crippen LogP contribution in [0.15, 0.2) is 30.3 Å². The molecule has 0 saturated heterocycles. The summed E-state index contributed by atoms with van der Waals surface area (Å²) in [5.41, 5.74) is 3.18. The number of rotatable bonds is 2. The summed E-state index contributed by atoms with van der Waals surface area (Å²) in [6.45, 7) is 3.93. The minimum Gasteiger partial charge on any atom is -0.322 e. The van der Waals surface area contributed by atoms with Crippen molar-refractivity contribution in [1.82, 2.24) is 4.98 Å². The van der Waals surface area contributed by atoms with Crippen LogP contribution in [-0.4, -0.2) is 10.9 Å². The lowest BCUT2D eigenvalue weighted by atomic mass is 10.1. The molecule has 1 amide bonds. The van der Waals surface area contributed by atoms with Gasteiger partial charge in [0, 0.05) is 5.69 Å². The molecule has 19 heavy (non-hydrogen) atoms. The SMILES string of the molecule is Cc1ccc(NC(=O)c2ccc(Cl)nc2Cl)c(C)c1. The molecule has 0 atom stereocenters. The van der Waals surface area contributed by atoms with Crippen LogP contribution in [0.2, 0.25) is 10.3 Å². The van der Waals surface area contributed by atoms with Crippen molar-refractivity contribution in [2.24, 2.45) is 0 Å². The van der Waals surface area contributed by atoms with Crippen molar-refractivity contribution in [3.63, 3.8) is 0 Å². The lowest BCUT2D eigenvalue weighted by Crippen LogP contribution is -2.13. The van der Waals surface area contributed by atoms with Gasteiger partial charge >= 0.3 is 0 Å². The van der Waals surface area contributed by atoms with Crippen LogP contribution in [0, 0.1) is 13.8 Å². The molecular formula is C14H12Cl2N2O. The Labute approximate surface area is 121 Å². The monoisotopic (exact) mass is 294 g/mol. The second-order valence-corrected chi connectivity index (χ2v) is 4.99. The summed E-state index contributed by atoms with van der Waals surface area (Å²) in [6.07, 6.45) is 0. The molecule has 3 nitrogen and oxygen atoms in total. The fraction of sp³-hybridized carbons (Fsp3) is 0.143. The van der Waals surface area contributed by atoms with E-state index in [9.17, 15) is 4.79 Å². The number of nitrogens with zero attached hydrogens (tertiary/aromatic N) is 1. The van der Waals surface area contributed by atoms with Crippen LogP contribution in [0.1, 0.15) is 21.5 Å². The summed E-state index contributed by atoms with van der Waals surface area (Å²) < 4.78 is 0. The maximum atomic E-state index is 12.1. The molecule has 2 aromatic rings. The summed E-state index contributed by atoms with van der Waals surface area (Å²) in [5, 5.41) is 3.16. The van der Waals surface area contributed by atoms with Gasteiger partial charge in [-0.3, -0.25) is 4.79 Å². The van der Waals surface area contributed by atoms with Crippen molar-refractivity contribution >= 4 is 34.8 Å². The molecule has 0 spiro atoms. The number of carbonyl (C=O) groups excluding carboxylic acids is 1. The Morgan fingerprint density at radius 3 is 2.53 bits per heavy atom. The molecule has 98 valence electrons. The molecular weight excluding hydrogens is 283 g/mol. The second kappa shape index (κ2) is 5.59. The van der Waals surface area contributed by atoms with Crippen LogP contribution in [-0.2, 0) is 0 Å². The van der Waals surface area contributed by atoms with E-state index in [1.165, 1.54) is 6.07 Å². The Bertz CT molecular complexity index is 641. The lowest BCUT2D eigenvalue weighted by Gasteiger charge is -2.09. The summed E-state index contributed by atoms with van der Waals surface area (Å²) in [7, 11) is 0. The smallest absolute Gasteiger partial charge is 0.258 e. The number of aromatic nitrogens is 1. The highest BCUT2D eigenvalue weighted by Gasteiger charge is 2.13. The van der Waals surface area contributed by atoms with Gasteiger partial charge in [0.2, 0.25) is 0 Å². The predicted octanol–water partition coefficient (Wildman–Crippen LogP) is 4.26. The number of pyridine rings is 1. The van der Waals surface area contributed by atoms with Crippen molar-refractivity contribution < 1.29 is 4.79 Å². The Morgan fingerprint density at radius 1 is 1.16 bits per heavy atom. The number of anilines is 1. The van der Waals surface area contributed by atoms with Crippen LogP contribution < -0.4 is 5.32 Å². The predicted molar refractivity (Wildman–Crippen MR) is 78.1 cm³/mol. The van der Waals surface area contributed by atoms with Gasteiger partial charge in [0.25, 0.3) is 5.91 Å². The molecule has 1 aromatic heterocycles. The molecule has 0 bridgehead atoms. The van der Waals surface area contributed by atoms with Crippen LogP contribution in [0.4, 0.5) is 5.69 Å². The molecule has 1 heterocycles. The minimum atomic E-state index is -0.305. The number of benzene rings is 1. The molecule has 0 unspecified atom stereocenters. The van der Waals surface area contributed by atoms with Gasteiger partial charge < -0.3 is 5.32 Å². The number of aryl methyl sites for hydroxylation is 2. The Morgan fingerprint density at radius 2 is 1.89 bits per heavy atom. The summed E-state index contributed by atoms with van der Waals surface area (Å²) in [6, 6.07) is 8.88. The Kier molecular flexibility index (Phi) is 4.08. The number of hydrogen-bond donors (Lipinski definition) is 1. The van der Waals surface area contributed by atoms with E-state index in [2.05, 4.69) is 10.3 Å². The Balaban J connectivity index is 2.25. The van der Waals surface area contributed by atoms with Crippen molar-refractivity contribution in [2.45, 2.75) is 13.8 Å². The maximum absolute atomic E-state index is 12.1. The van der Waals surface area contributed by atoms with Gasteiger partial charge in [-0.2, -0.15) is 0 Å². The molecule has 0 aliphatic heterocycles. The highest BCUT2D eigenvalue weighted by molar-refractivity contribution is 6.35. The van der Waals surface area contributed by atoms with Crippen molar-refractivity contribution in [3.05, 3.63) is 57.3 Å². The normalized spacial score (nSPS) is 10.3. The topological polar surface area (TPSA) is 42.0 Å². The van der Waals surface area contributed by atoms with Crippen LogP contribution >= 0.6 is 23.2 Å². The minimum absolute atomic E-state index is 0.0924. The number of carbonyl (C=O) groups is 1. The molecule has 0 radical (unpaired) electrons. The van der Waals surface area contributed by atoms with Gasteiger partial charge in [0.15, 0.2) is 0 Å². The largest absolute Gasteiger partial charge is 0.322 e. The number of nitrogens with one attached hydrogen (secondary N) is 1. The van der Waals surface area contributed by atoms with Crippen LogP contribution in [0.5, 0.6) is 0 Å². The van der Waals surface area contributed by atoms with E-state index in [0.717, 1.165) is 16.8 Å². The zero-order chi connectivity index (χ0) is 14.0. The third-order valence-corrected chi connectivity index (χ3v) is 3.19. The second-order valence-electron chi connectivity index (χ2n) is 4.24. The van der Waals surface area contributed by atoms with E-state index in [-0.39, 0.29) is 16.2 Å². The van der Waals surface area contributed by atoms with Crippen molar-refractivity contribution in [3.8, 4) is 0 Å². The van der Waals surface area contributed by atoms with Gasteiger partial charge in [0.1, 0.15) is 10.3 Å². The first-order valence-electron chi connectivity index (χ1n) is 5.68. The van der Waals surface area contributed by atoms with E-state index >= 15 is 0 Å². The molecule has 0 aliphatic rings. The van der Waals surface area contributed by atoms with Crippen LogP contribution in [0.25, 0.3) is 0 Å². The third-order valence-electron chi connectivity index (χ3n) is 2.69. The van der Waals surface area contributed by atoms with E-state index in [4.69, 9.17) is 23.2 Å². The fourth-order valence-electron chi connectivity index (χ4n) is 1.72. The summed E-state index contributed by atoms with van der Waals surface area (Å²) in [5.74, 6) is -0.305. The highest BCUT2D eigenvalue weighted by atomic mass is 35.5.